The number of ether oxygens (including phenoxy) is 1. The number of amides is 1. The summed E-state index contributed by atoms with van der Waals surface area (Å²) >= 11 is 0. The van der Waals surface area contributed by atoms with Crippen LogP contribution in [0.3, 0.4) is 0 Å². The molecule has 0 unspecified atom stereocenters. The van der Waals surface area contributed by atoms with E-state index in [1.54, 1.807) is 0 Å². The fourth-order valence-corrected chi connectivity index (χ4v) is 3.94. The van der Waals surface area contributed by atoms with Gasteiger partial charge < -0.3 is 19.1 Å². The van der Waals surface area contributed by atoms with Gasteiger partial charge in [-0.15, -0.1) is 0 Å². The minimum Gasteiger partial charge on any atom is -0.484 e. The van der Waals surface area contributed by atoms with Gasteiger partial charge in [0.15, 0.2) is 6.61 Å². The van der Waals surface area contributed by atoms with E-state index in [9.17, 15) is 4.79 Å². The summed E-state index contributed by atoms with van der Waals surface area (Å²) in [6.45, 7) is 5.07. The van der Waals surface area contributed by atoms with Gasteiger partial charge >= 0.3 is 0 Å². The van der Waals surface area contributed by atoms with Crippen LogP contribution in [-0.4, -0.2) is 53.7 Å². The lowest BCUT2D eigenvalue weighted by Gasteiger charge is -2.36. The monoisotopic (exact) mass is 454 g/mol. The zero-order chi connectivity index (χ0) is 23.3. The van der Waals surface area contributed by atoms with Gasteiger partial charge in [0.2, 0.25) is 5.82 Å². The van der Waals surface area contributed by atoms with Gasteiger partial charge in [0, 0.05) is 43.0 Å². The maximum absolute atomic E-state index is 12.6. The third kappa shape index (κ3) is 4.93. The summed E-state index contributed by atoms with van der Waals surface area (Å²) in [5.74, 6) is 1.61. The van der Waals surface area contributed by atoms with Crippen molar-refractivity contribution in [3.8, 4) is 28.6 Å². The summed E-state index contributed by atoms with van der Waals surface area (Å²) in [6, 6.07) is 25.6. The number of aryl methyl sites for hydroxylation is 1. The van der Waals surface area contributed by atoms with E-state index in [1.807, 2.05) is 78.6 Å². The Balaban J connectivity index is 1.13. The summed E-state index contributed by atoms with van der Waals surface area (Å²) in [7, 11) is 0. The first-order valence-corrected chi connectivity index (χ1v) is 11.4. The largest absolute Gasteiger partial charge is 0.484 e. The van der Waals surface area contributed by atoms with E-state index in [-0.39, 0.29) is 12.5 Å². The molecule has 1 aliphatic rings. The number of aromatic nitrogens is 2. The topological polar surface area (TPSA) is 71.7 Å². The molecule has 1 fully saturated rings. The second-order valence-electron chi connectivity index (χ2n) is 8.31. The third-order valence-corrected chi connectivity index (χ3v) is 5.95. The van der Waals surface area contributed by atoms with Crippen molar-refractivity contribution in [2.45, 2.75) is 6.92 Å². The lowest BCUT2D eigenvalue weighted by atomic mass is 10.1. The van der Waals surface area contributed by atoms with Gasteiger partial charge in [0.1, 0.15) is 5.75 Å². The van der Waals surface area contributed by atoms with E-state index >= 15 is 0 Å². The standard InChI is InChI=1S/C27H26N4O3/c1-20-7-9-21(10-8-20)26-28-27(34-29-26)22-11-13-24(14-12-22)33-19-25(32)31-17-15-30(16-18-31)23-5-3-2-4-6-23/h2-14H,15-19H2,1H3. The van der Waals surface area contributed by atoms with E-state index < -0.39 is 0 Å². The molecule has 7 heteroatoms. The maximum Gasteiger partial charge on any atom is 0.260 e. The number of carbonyl (C=O) groups excluding carboxylic acids is 1. The molecule has 7 nitrogen and oxygen atoms in total. The van der Waals surface area contributed by atoms with E-state index in [0.717, 1.165) is 24.2 Å². The first-order chi connectivity index (χ1) is 16.7. The second kappa shape index (κ2) is 9.79. The molecule has 0 radical (unpaired) electrons. The average Bonchev–Trinajstić information content (AvgIpc) is 3.39. The second-order valence-corrected chi connectivity index (χ2v) is 8.31. The fraction of sp³-hybridized carbons (Fsp3) is 0.222. The Bertz CT molecular complexity index is 1230. The Morgan fingerprint density at radius 1 is 0.882 bits per heavy atom. The van der Waals surface area contributed by atoms with Gasteiger partial charge in [0.05, 0.1) is 0 Å². The van der Waals surface area contributed by atoms with Crippen LogP contribution in [0.4, 0.5) is 5.69 Å². The molecule has 0 bridgehead atoms. The molecule has 5 rings (SSSR count). The molecule has 3 aromatic carbocycles. The number of anilines is 1. The van der Waals surface area contributed by atoms with E-state index in [1.165, 1.54) is 11.3 Å². The van der Waals surface area contributed by atoms with Crippen LogP contribution in [0.25, 0.3) is 22.8 Å². The summed E-state index contributed by atoms with van der Waals surface area (Å²) in [5, 5.41) is 4.08. The molecular formula is C27H26N4O3. The number of rotatable bonds is 6. The van der Waals surface area contributed by atoms with Crippen molar-refractivity contribution in [1.29, 1.82) is 0 Å². The lowest BCUT2D eigenvalue weighted by Crippen LogP contribution is -2.50. The molecule has 0 saturated carbocycles. The maximum atomic E-state index is 12.6. The van der Waals surface area contributed by atoms with Crippen LogP contribution in [0.1, 0.15) is 5.56 Å². The molecule has 0 aliphatic carbocycles. The van der Waals surface area contributed by atoms with Crippen molar-refractivity contribution in [3.63, 3.8) is 0 Å². The van der Waals surface area contributed by atoms with Crippen molar-refractivity contribution in [1.82, 2.24) is 15.0 Å². The van der Waals surface area contributed by atoms with Crippen LogP contribution in [-0.2, 0) is 4.79 Å². The number of hydrogen-bond donors (Lipinski definition) is 0. The zero-order valence-corrected chi connectivity index (χ0v) is 19.1. The van der Waals surface area contributed by atoms with Gasteiger partial charge in [0.25, 0.3) is 11.8 Å². The smallest absolute Gasteiger partial charge is 0.260 e. The Labute approximate surface area is 198 Å². The number of carbonyl (C=O) groups is 1. The average molecular weight is 455 g/mol. The van der Waals surface area contributed by atoms with Gasteiger partial charge in [-0.2, -0.15) is 4.98 Å². The SMILES string of the molecule is Cc1ccc(-c2noc(-c3ccc(OCC(=O)N4CCN(c5ccccc5)CC4)cc3)n2)cc1. The Morgan fingerprint density at radius 2 is 1.56 bits per heavy atom. The summed E-state index contributed by atoms with van der Waals surface area (Å²) < 4.78 is 11.2. The summed E-state index contributed by atoms with van der Waals surface area (Å²) in [4.78, 5) is 21.3. The highest BCUT2D eigenvalue weighted by Crippen LogP contribution is 2.24. The Morgan fingerprint density at radius 3 is 2.26 bits per heavy atom. The molecule has 0 N–H and O–H groups in total. The first-order valence-electron chi connectivity index (χ1n) is 11.4. The number of para-hydroxylation sites is 1. The fourth-order valence-electron chi connectivity index (χ4n) is 3.94. The number of piperazine rings is 1. The predicted molar refractivity (Wildman–Crippen MR) is 131 cm³/mol. The highest BCUT2D eigenvalue weighted by atomic mass is 16.5. The van der Waals surface area contributed by atoms with E-state index in [0.29, 0.717) is 30.6 Å². The Kier molecular flexibility index (Phi) is 6.25. The van der Waals surface area contributed by atoms with Gasteiger partial charge in [-0.25, -0.2) is 0 Å². The van der Waals surface area contributed by atoms with Crippen molar-refractivity contribution in [2.24, 2.45) is 0 Å². The van der Waals surface area contributed by atoms with Crippen molar-refractivity contribution in [2.75, 3.05) is 37.7 Å². The van der Waals surface area contributed by atoms with Crippen LogP contribution in [0.2, 0.25) is 0 Å². The highest BCUT2D eigenvalue weighted by molar-refractivity contribution is 5.78. The first kappa shape index (κ1) is 21.7. The molecule has 0 atom stereocenters. The van der Waals surface area contributed by atoms with Crippen LogP contribution in [0.15, 0.2) is 83.4 Å². The third-order valence-electron chi connectivity index (χ3n) is 5.95. The van der Waals surface area contributed by atoms with Crippen LogP contribution in [0, 0.1) is 6.92 Å². The lowest BCUT2D eigenvalue weighted by molar-refractivity contribution is -0.133. The molecule has 172 valence electrons. The molecule has 1 saturated heterocycles. The van der Waals surface area contributed by atoms with Crippen LogP contribution < -0.4 is 9.64 Å². The van der Waals surface area contributed by atoms with Crippen molar-refractivity contribution in [3.05, 3.63) is 84.4 Å². The summed E-state index contributed by atoms with van der Waals surface area (Å²) in [5.41, 5.74) is 4.07. The molecule has 0 spiro atoms. The van der Waals surface area contributed by atoms with Crippen LogP contribution >= 0.6 is 0 Å². The van der Waals surface area contributed by atoms with Gasteiger partial charge in [-0.1, -0.05) is 53.2 Å². The highest BCUT2D eigenvalue weighted by Gasteiger charge is 2.21. The van der Waals surface area contributed by atoms with Gasteiger partial charge in [-0.3, -0.25) is 4.79 Å². The van der Waals surface area contributed by atoms with Crippen LogP contribution in [0.5, 0.6) is 5.75 Å². The molecule has 34 heavy (non-hydrogen) atoms. The quantitative estimate of drug-likeness (QED) is 0.429. The minimum absolute atomic E-state index is 0.00331. The molecule has 2 heterocycles. The zero-order valence-electron chi connectivity index (χ0n) is 19.1. The molecular weight excluding hydrogens is 428 g/mol. The van der Waals surface area contributed by atoms with E-state index in [4.69, 9.17) is 9.26 Å². The normalized spacial score (nSPS) is 13.7. The number of hydrogen-bond acceptors (Lipinski definition) is 6. The Hall–Kier alpha value is -4.13. The predicted octanol–water partition coefficient (Wildman–Crippen LogP) is 4.44. The van der Waals surface area contributed by atoms with Crippen molar-refractivity contribution >= 4 is 11.6 Å². The summed E-state index contributed by atoms with van der Waals surface area (Å²) in [6.07, 6.45) is 0. The minimum atomic E-state index is -0.00331. The van der Waals surface area contributed by atoms with Crippen molar-refractivity contribution < 1.29 is 14.1 Å². The van der Waals surface area contributed by atoms with Gasteiger partial charge in [-0.05, 0) is 43.3 Å². The molecule has 4 aromatic rings. The molecule has 1 aromatic heterocycles. The number of benzene rings is 3. The molecule has 1 amide bonds. The molecule has 1 aliphatic heterocycles. The number of nitrogens with zero attached hydrogens (tertiary/aromatic N) is 4. The van der Waals surface area contributed by atoms with E-state index in [2.05, 4.69) is 27.2 Å².